The van der Waals surface area contributed by atoms with E-state index in [-0.39, 0.29) is 24.0 Å². The fourth-order valence-electron chi connectivity index (χ4n) is 3.03. The number of rotatable bonds is 2. The molecule has 2 atom stereocenters. The molecule has 1 unspecified atom stereocenters. The molecule has 7 heteroatoms. The van der Waals surface area contributed by atoms with Gasteiger partial charge in [0.1, 0.15) is 11.4 Å². The third kappa shape index (κ3) is 3.47. The van der Waals surface area contributed by atoms with Crippen LogP contribution in [-0.4, -0.2) is 41.8 Å². The van der Waals surface area contributed by atoms with Crippen LogP contribution in [0.4, 0.5) is 14.9 Å². The van der Waals surface area contributed by atoms with Crippen LogP contribution in [-0.2, 0) is 4.74 Å². The van der Waals surface area contributed by atoms with Gasteiger partial charge < -0.3 is 9.64 Å². The van der Waals surface area contributed by atoms with Crippen LogP contribution in [0.15, 0.2) is 21.6 Å². The lowest BCUT2D eigenvalue weighted by molar-refractivity contribution is -0.0311. The van der Waals surface area contributed by atoms with Crippen LogP contribution < -0.4 is 4.90 Å². The van der Waals surface area contributed by atoms with E-state index < -0.39 is 5.60 Å². The van der Waals surface area contributed by atoms with Crippen molar-refractivity contribution in [3.8, 4) is 0 Å². The normalized spacial score (nSPS) is 22.2. The number of carbonyl (C=O) groups excluding carboxylic acids is 1. The van der Waals surface area contributed by atoms with Crippen molar-refractivity contribution in [2.24, 2.45) is 0 Å². The molecule has 0 saturated carbocycles. The van der Waals surface area contributed by atoms with Gasteiger partial charge >= 0.3 is 6.09 Å². The molecule has 0 radical (unpaired) electrons. The molecule has 2 aliphatic heterocycles. The molecule has 1 amide bonds. The predicted octanol–water partition coefficient (Wildman–Crippen LogP) is 4.72. The Morgan fingerprint density at radius 2 is 2.00 bits per heavy atom. The van der Waals surface area contributed by atoms with E-state index in [1.807, 2.05) is 37.8 Å². The highest BCUT2D eigenvalue weighted by Gasteiger charge is 2.55. The Labute approximate surface area is 157 Å². The summed E-state index contributed by atoms with van der Waals surface area (Å²) in [6.07, 6.45) is 1.58. The monoisotopic (exact) mass is 460 g/mol. The largest absolute Gasteiger partial charge is 0.444 e. The first-order valence-electron chi connectivity index (χ1n) is 7.74. The predicted molar refractivity (Wildman–Crippen MR) is 100 cm³/mol. The van der Waals surface area contributed by atoms with Gasteiger partial charge in [-0.2, -0.15) is 0 Å². The molecule has 1 aromatic rings. The summed E-state index contributed by atoms with van der Waals surface area (Å²) < 4.78 is 20.4. The average molecular weight is 462 g/mol. The molecule has 4 nitrogen and oxygen atoms in total. The zero-order valence-electron chi connectivity index (χ0n) is 13.7. The quantitative estimate of drug-likeness (QED) is 0.638. The molecule has 2 saturated heterocycles. The van der Waals surface area contributed by atoms with Crippen LogP contribution in [0.1, 0.15) is 26.3 Å². The van der Waals surface area contributed by atoms with Gasteiger partial charge in [0.2, 0.25) is 0 Å². The number of hydrogen-bond donors (Lipinski definition) is 0. The molecule has 1 aromatic carbocycles. The summed E-state index contributed by atoms with van der Waals surface area (Å²) in [5.74, 6) is -0.244. The molecule has 2 heterocycles. The van der Waals surface area contributed by atoms with Crippen LogP contribution in [0.2, 0.25) is 0 Å². The van der Waals surface area contributed by atoms with E-state index in [1.54, 1.807) is 11.0 Å². The minimum absolute atomic E-state index is 0.112. The number of anilines is 1. The Kier molecular flexibility index (Phi) is 4.68. The Hall–Kier alpha value is -1.08. The van der Waals surface area contributed by atoms with E-state index in [9.17, 15) is 9.18 Å². The van der Waals surface area contributed by atoms with Gasteiger partial charge in [-0.15, -0.1) is 0 Å². The van der Waals surface area contributed by atoms with E-state index >= 15 is 0 Å². The van der Waals surface area contributed by atoms with Gasteiger partial charge in [0.25, 0.3) is 0 Å². The highest BCUT2D eigenvalue weighted by Crippen LogP contribution is 2.39. The van der Waals surface area contributed by atoms with Crippen LogP contribution >= 0.6 is 31.9 Å². The number of benzene rings is 1. The summed E-state index contributed by atoms with van der Waals surface area (Å²) in [6.45, 7) is 6.76. The van der Waals surface area contributed by atoms with E-state index in [0.717, 1.165) is 8.96 Å². The minimum Gasteiger partial charge on any atom is -0.444 e. The lowest BCUT2D eigenvalue weighted by Gasteiger charge is -2.62. The molecule has 0 spiro atoms. The average Bonchev–Trinajstić information content (AvgIpc) is 2.41. The van der Waals surface area contributed by atoms with Crippen LogP contribution in [0.5, 0.6) is 0 Å². The number of halogens is 3. The van der Waals surface area contributed by atoms with Gasteiger partial charge in [0, 0.05) is 13.1 Å². The Morgan fingerprint density at radius 3 is 2.54 bits per heavy atom. The van der Waals surface area contributed by atoms with Crippen LogP contribution in [0.25, 0.3) is 6.08 Å². The van der Waals surface area contributed by atoms with Crippen molar-refractivity contribution in [1.82, 2.24) is 4.90 Å². The molecule has 3 rings (SSSR count). The van der Waals surface area contributed by atoms with Crippen LogP contribution in [0, 0.1) is 5.82 Å². The third-order valence-corrected chi connectivity index (χ3v) is 4.65. The number of piperazine rings is 1. The Morgan fingerprint density at radius 1 is 1.29 bits per heavy atom. The number of amides is 1. The summed E-state index contributed by atoms with van der Waals surface area (Å²) >= 11 is 6.63. The summed E-state index contributed by atoms with van der Waals surface area (Å²) in [4.78, 5) is 15.8. The molecular weight excluding hydrogens is 443 g/mol. The van der Waals surface area contributed by atoms with E-state index in [0.29, 0.717) is 18.8 Å². The molecule has 0 aliphatic carbocycles. The maximum atomic E-state index is 14.2. The first-order valence-corrected chi connectivity index (χ1v) is 9.33. The molecule has 0 bridgehead atoms. The lowest BCUT2D eigenvalue weighted by atomic mass is 9.85. The SMILES string of the molecule is CC(C)(C)OC(=O)N1C[C@@H]2C1CN2c1cc(C=C(Br)Br)ccc1F. The van der Waals surface area contributed by atoms with Gasteiger partial charge in [-0.05, 0) is 76.4 Å². The standard InChI is InChI=1S/C17H19Br2FN2O2/c1-17(2,3)24-16(23)22-9-13-14(22)8-21(13)12-6-10(7-15(18)19)4-5-11(12)20/h4-7,13-14H,8-9H2,1-3H3/t13-,14?/m1/s1. The number of nitrogens with zero attached hydrogens (tertiary/aromatic N) is 2. The van der Waals surface area contributed by atoms with Crippen molar-refractivity contribution in [3.63, 3.8) is 0 Å². The molecule has 2 fully saturated rings. The van der Waals surface area contributed by atoms with Gasteiger partial charge in [0.05, 0.1) is 21.2 Å². The first kappa shape index (κ1) is 17.7. The van der Waals surface area contributed by atoms with Crippen molar-refractivity contribution < 1.29 is 13.9 Å². The number of ether oxygens (including phenoxy) is 1. The number of fused-ring (bicyclic) bond motifs is 1. The second kappa shape index (κ2) is 6.33. The molecule has 0 N–H and O–H groups in total. The maximum Gasteiger partial charge on any atom is 0.410 e. The van der Waals surface area contributed by atoms with Crippen molar-refractivity contribution in [1.29, 1.82) is 0 Å². The van der Waals surface area contributed by atoms with Crippen molar-refractivity contribution in [2.45, 2.75) is 38.5 Å². The van der Waals surface area contributed by atoms with Gasteiger partial charge in [0.15, 0.2) is 0 Å². The number of carbonyl (C=O) groups is 1. The van der Waals surface area contributed by atoms with Crippen molar-refractivity contribution >= 4 is 49.7 Å². The van der Waals surface area contributed by atoms with E-state index in [2.05, 4.69) is 31.9 Å². The Bertz CT molecular complexity index is 698. The summed E-state index contributed by atoms with van der Waals surface area (Å²) in [5.41, 5.74) is 0.985. The highest BCUT2D eigenvalue weighted by atomic mass is 79.9. The van der Waals surface area contributed by atoms with Crippen LogP contribution in [0.3, 0.4) is 0 Å². The molecule has 2 aliphatic rings. The number of likely N-dealkylation sites (tertiary alicyclic amines) is 1. The first-order chi connectivity index (χ1) is 11.2. The fourth-order valence-corrected chi connectivity index (χ4v) is 3.56. The second-order valence-corrected chi connectivity index (χ2v) is 9.84. The van der Waals surface area contributed by atoms with Gasteiger partial charge in [-0.25, -0.2) is 9.18 Å². The second-order valence-electron chi connectivity index (χ2n) is 7.06. The molecule has 0 aromatic heterocycles. The zero-order valence-corrected chi connectivity index (χ0v) is 16.9. The van der Waals surface area contributed by atoms with Crippen molar-refractivity contribution in [2.75, 3.05) is 18.0 Å². The smallest absolute Gasteiger partial charge is 0.410 e. The molecule has 130 valence electrons. The topological polar surface area (TPSA) is 32.8 Å². The zero-order chi connectivity index (χ0) is 17.6. The van der Waals surface area contributed by atoms with E-state index in [4.69, 9.17) is 4.74 Å². The summed E-state index contributed by atoms with van der Waals surface area (Å²) in [5, 5.41) is 0. The van der Waals surface area contributed by atoms with Gasteiger partial charge in [-0.1, -0.05) is 6.07 Å². The fraction of sp³-hybridized carbons (Fsp3) is 0.471. The Balaban J connectivity index is 1.67. The minimum atomic E-state index is -0.499. The van der Waals surface area contributed by atoms with E-state index in [1.165, 1.54) is 6.07 Å². The third-order valence-electron chi connectivity index (χ3n) is 4.20. The molecular formula is C17H19Br2FN2O2. The highest BCUT2D eigenvalue weighted by molar-refractivity contribution is 9.28. The summed E-state index contributed by atoms with van der Waals surface area (Å²) in [7, 11) is 0. The van der Waals surface area contributed by atoms with Crippen molar-refractivity contribution in [3.05, 3.63) is 33.0 Å². The lowest BCUT2D eigenvalue weighted by Crippen LogP contribution is -2.80. The summed E-state index contributed by atoms with van der Waals surface area (Å²) in [6, 6.07) is 5.30. The molecule has 24 heavy (non-hydrogen) atoms. The van der Waals surface area contributed by atoms with Gasteiger partial charge in [-0.3, -0.25) is 4.90 Å². The number of hydrogen-bond acceptors (Lipinski definition) is 3. The maximum absolute atomic E-state index is 14.2.